The van der Waals surface area contributed by atoms with Crippen LogP contribution < -0.4 is 5.32 Å². The summed E-state index contributed by atoms with van der Waals surface area (Å²) in [5.74, 6) is -0.218. The maximum Gasteiger partial charge on any atom is 0.432 e. The quantitative estimate of drug-likeness (QED) is 0.417. The third kappa shape index (κ3) is 3.04. The maximum atomic E-state index is 10.5. The molecule has 2 heterocycles. The Labute approximate surface area is 90.3 Å². The molecule has 1 aliphatic rings. The Bertz CT molecular complexity index is 375. The second-order valence-electron chi connectivity index (χ2n) is 2.67. The Morgan fingerprint density at radius 3 is 2.69 bits per heavy atom. The Kier molecular flexibility index (Phi) is 3.95. The minimum absolute atomic E-state index is 0.153. The molecule has 0 unspecified atom stereocenters. The van der Waals surface area contributed by atoms with Crippen LogP contribution in [-0.2, 0) is 0 Å². The fraction of sp³-hybridized carbons (Fsp3) is 0.286. The summed E-state index contributed by atoms with van der Waals surface area (Å²) in [7, 11) is 0. The molecule has 0 radical (unpaired) electrons. The van der Waals surface area contributed by atoms with E-state index in [-0.39, 0.29) is 12.0 Å². The predicted molar refractivity (Wildman–Crippen MR) is 54.9 cm³/mol. The van der Waals surface area contributed by atoms with Crippen molar-refractivity contribution in [2.75, 3.05) is 13.1 Å². The van der Waals surface area contributed by atoms with E-state index in [1.54, 1.807) is 0 Å². The first-order chi connectivity index (χ1) is 7.65. The number of amides is 2. The number of carbonyl (C=O) groups excluding carboxylic acids is 1. The molecule has 1 fully saturated rings. The average molecular weight is 226 g/mol. The van der Waals surface area contributed by atoms with E-state index in [4.69, 9.17) is 0 Å². The van der Waals surface area contributed by atoms with Crippen LogP contribution in [0.15, 0.2) is 17.5 Å². The number of hydrogen-bond acceptors (Lipinski definition) is 5. The van der Waals surface area contributed by atoms with Crippen LogP contribution in [0.5, 0.6) is 0 Å². The van der Waals surface area contributed by atoms with Crippen molar-refractivity contribution in [2.24, 2.45) is 5.10 Å². The second kappa shape index (κ2) is 5.44. The normalized spacial score (nSPS) is 13.8. The van der Waals surface area contributed by atoms with Crippen LogP contribution in [0.3, 0.4) is 0 Å². The largest absolute Gasteiger partial charge is 0.432 e. The molecule has 0 aliphatic carbocycles. The highest BCUT2D eigenvalue weighted by Crippen LogP contribution is 1.96. The molecule has 1 aromatic heterocycles. The zero-order chi connectivity index (χ0) is 12.0. The van der Waals surface area contributed by atoms with Crippen molar-refractivity contribution in [1.29, 1.82) is 0 Å². The van der Waals surface area contributed by atoms with Gasteiger partial charge >= 0.3 is 12.0 Å². The minimum Gasteiger partial charge on any atom is -0.390 e. The van der Waals surface area contributed by atoms with Gasteiger partial charge in [0.15, 0.2) is 0 Å². The topological polar surface area (TPSA) is 117 Å². The van der Waals surface area contributed by atoms with Gasteiger partial charge in [0.25, 0.3) is 0 Å². The van der Waals surface area contributed by atoms with Crippen LogP contribution in [0, 0.1) is 10.1 Å². The molecule has 1 aliphatic heterocycles. The van der Waals surface area contributed by atoms with E-state index in [0.29, 0.717) is 13.1 Å². The molecule has 2 amide bonds. The van der Waals surface area contributed by atoms with Crippen molar-refractivity contribution >= 4 is 18.7 Å². The average Bonchev–Trinajstić information content (AvgIpc) is 2.88. The highest BCUT2D eigenvalue weighted by molar-refractivity contribution is 5.76. The molecule has 16 heavy (non-hydrogen) atoms. The van der Waals surface area contributed by atoms with Crippen molar-refractivity contribution in [3.8, 4) is 0 Å². The Morgan fingerprint density at radius 2 is 2.44 bits per heavy atom. The van der Waals surface area contributed by atoms with Crippen molar-refractivity contribution in [3.63, 3.8) is 0 Å². The summed E-state index contributed by atoms with van der Waals surface area (Å²) in [5, 5.41) is 17.1. The number of aromatic amines is 1. The number of H-pyrrole nitrogens is 1. The lowest BCUT2D eigenvalue weighted by molar-refractivity contribution is -0.393. The summed E-state index contributed by atoms with van der Waals surface area (Å²) >= 11 is 0. The molecule has 9 nitrogen and oxygen atoms in total. The zero-order valence-corrected chi connectivity index (χ0v) is 8.29. The Morgan fingerprint density at radius 1 is 1.69 bits per heavy atom. The standard InChI is InChI=1S/C4H7N3O.C3H3N3O2/c1-5-7-3-2-6-4(7)8;7-6(8)3-4-1-2-5-3/h1-3H2,(H,6,8);1-2H,(H,4,5). The smallest absolute Gasteiger partial charge is 0.390 e. The highest BCUT2D eigenvalue weighted by Gasteiger charge is 2.16. The van der Waals surface area contributed by atoms with Crippen LogP contribution in [0.1, 0.15) is 0 Å². The monoisotopic (exact) mass is 226 g/mol. The van der Waals surface area contributed by atoms with Crippen LogP contribution in [0.2, 0.25) is 0 Å². The van der Waals surface area contributed by atoms with E-state index in [0.717, 1.165) is 0 Å². The SMILES string of the molecule is C=NN1CCNC1=O.O=[N+]([O-])c1ncc[nH]1. The van der Waals surface area contributed by atoms with E-state index >= 15 is 0 Å². The first-order valence-corrected chi connectivity index (χ1v) is 4.31. The predicted octanol–water partition coefficient (Wildman–Crippen LogP) is -0.0549. The molecular weight excluding hydrogens is 216 g/mol. The first kappa shape index (κ1) is 11.6. The molecule has 1 saturated heterocycles. The summed E-state index contributed by atoms with van der Waals surface area (Å²) in [6, 6.07) is -0.153. The molecule has 1 aromatic rings. The number of carbonyl (C=O) groups is 1. The summed E-state index contributed by atoms with van der Waals surface area (Å²) < 4.78 is 0. The van der Waals surface area contributed by atoms with Gasteiger partial charge in [-0.15, -0.1) is 0 Å². The van der Waals surface area contributed by atoms with E-state index in [1.165, 1.54) is 17.4 Å². The van der Waals surface area contributed by atoms with Gasteiger partial charge < -0.3 is 15.4 Å². The highest BCUT2D eigenvalue weighted by atomic mass is 16.6. The summed E-state index contributed by atoms with van der Waals surface area (Å²) in [6.45, 7) is 4.53. The van der Waals surface area contributed by atoms with Crippen molar-refractivity contribution in [1.82, 2.24) is 20.3 Å². The number of imidazole rings is 1. The van der Waals surface area contributed by atoms with Crippen molar-refractivity contribution < 1.29 is 9.72 Å². The van der Waals surface area contributed by atoms with Gasteiger partial charge in [0.05, 0.1) is 12.7 Å². The summed E-state index contributed by atoms with van der Waals surface area (Å²) in [5.41, 5.74) is 0. The molecule has 2 N–H and O–H groups in total. The number of rotatable bonds is 2. The van der Waals surface area contributed by atoms with Gasteiger partial charge in [-0.25, -0.2) is 14.8 Å². The number of hydrazone groups is 1. The van der Waals surface area contributed by atoms with Crippen LogP contribution in [0.4, 0.5) is 10.7 Å². The van der Waals surface area contributed by atoms with Gasteiger partial charge in [-0.1, -0.05) is 4.98 Å². The van der Waals surface area contributed by atoms with E-state index in [2.05, 4.69) is 27.1 Å². The number of hydrogen-bond donors (Lipinski definition) is 2. The molecule has 0 saturated carbocycles. The van der Waals surface area contributed by atoms with E-state index in [1.807, 2.05) is 0 Å². The number of aromatic nitrogens is 2. The van der Waals surface area contributed by atoms with E-state index < -0.39 is 4.92 Å². The molecule has 9 heteroatoms. The van der Waals surface area contributed by atoms with Gasteiger partial charge in [0.1, 0.15) is 6.20 Å². The zero-order valence-electron chi connectivity index (χ0n) is 8.29. The van der Waals surface area contributed by atoms with E-state index in [9.17, 15) is 14.9 Å². The van der Waals surface area contributed by atoms with Gasteiger partial charge in [0, 0.05) is 13.3 Å². The molecule has 2 rings (SSSR count). The second-order valence-corrected chi connectivity index (χ2v) is 2.67. The Hall–Kier alpha value is -2.45. The lowest BCUT2D eigenvalue weighted by Gasteiger charge is -2.01. The fourth-order valence-electron chi connectivity index (χ4n) is 0.953. The van der Waals surface area contributed by atoms with Crippen LogP contribution >= 0.6 is 0 Å². The van der Waals surface area contributed by atoms with Gasteiger partial charge in [-0.05, 0) is 4.92 Å². The summed E-state index contributed by atoms with van der Waals surface area (Å²) in [4.78, 5) is 25.4. The summed E-state index contributed by atoms with van der Waals surface area (Å²) in [6.07, 6.45) is 2.73. The number of nitrogens with zero attached hydrogens (tertiary/aromatic N) is 4. The van der Waals surface area contributed by atoms with Crippen LogP contribution in [-0.4, -0.2) is 45.7 Å². The Balaban J connectivity index is 0.000000160. The lowest BCUT2D eigenvalue weighted by Crippen LogP contribution is -2.22. The van der Waals surface area contributed by atoms with Gasteiger partial charge in [0.2, 0.25) is 0 Å². The maximum absolute atomic E-state index is 10.5. The first-order valence-electron chi connectivity index (χ1n) is 4.31. The van der Waals surface area contributed by atoms with Crippen LogP contribution in [0.25, 0.3) is 0 Å². The molecular formula is C7H10N6O3. The molecule has 0 atom stereocenters. The lowest BCUT2D eigenvalue weighted by atomic mass is 10.7. The number of nitrogens with one attached hydrogen (secondary N) is 2. The molecule has 0 bridgehead atoms. The van der Waals surface area contributed by atoms with Gasteiger partial charge in [-0.2, -0.15) is 5.10 Å². The number of nitro groups is 1. The third-order valence-electron chi connectivity index (χ3n) is 1.66. The van der Waals surface area contributed by atoms with Gasteiger partial charge in [-0.3, -0.25) is 0 Å². The van der Waals surface area contributed by atoms with Crippen molar-refractivity contribution in [2.45, 2.75) is 0 Å². The number of urea groups is 1. The fourth-order valence-corrected chi connectivity index (χ4v) is 0.953. The molecule has 86 valence electrons. The molecule has 0 spiro atoms. The minimum atomic E-state index is -0.583. The molecule has 0 aromatic carbocycles. The van der Waals surface area contributed by atoms with Crippen molar-refractivity contribution in [3.05, 3.63) is 22.5 Å². The third-order valence-corrected chi connectivity index (χ3v) is 1.66.